The SMILES string of the molecule is O=C1C2Cc3nc[nH]c3CN2C(=O)CN1C1CC1. The van der Waals surface area contributed by atoms with E-state index in [0.29, 0.717) is 19.0 Å². The van der Waals surface area contributed by atoms with Crippen molar-refractivity contribution in [3.8, 4) is 0 Å². The van der Waals surface area contributed by atoms with Crippen LogP contribution in [-0.2, 0) is 22.6 Å². The van der Waals surface area contributed by atoms with E-state index in [-0.39, 0.29) is 24.4 Å². The van der Waals surface area contributed by atoms with Crippen molar-refractivity contribution in [2.24, 2.45) is 0 Å². The molecule has 3 heterocycles. The first kappa shape index (κ1) is 10.1. The molecular formula is C12H14N4O2. The average Bonchev–Trinajstić information content (AvgIpc) is 3.10. The molecule has 2 fully saturated rings. The van der Waals surface area contributed by atoms with E-state index >= 15 is 0 Å². The first-order valence-corrected chi connectivity index (χ1v) is 6.35. The van der Waals surface area contributed by atoms with Crippen LogP contribution in [-0.4, -0.2) is 50.2 Å². The third-order valence-corrected chi connectivity index (χ3v) is 4.08. The standard InChI is InChI=1S/C12H14N4O2/c17-11-5-15(7-1-2-7)12(18)10-3-8-9(4-16(10)11)14-6-13-8/h6-7,10H,1-5H2,(H,13,14). The summed E-state index contributed by atoms with van der Waals surface area (Å²) in [6, 6.07) is -0.0215. The van der Waals surface area contributed by atoms with Crippen molar-refractivity contribution in [2.75, 3.05) is 6.54 Å². The molecule has 6 nitrogen and oxygen atoms in total. The third kappa shape index (κ3) is 1.31. The first-order valence-electron chi connectivity index (χ1n) is 6.35. The molecule has 1 aliphatic carbocycles. The van der Waals surface area contributed by atoms with Gasteiger partial charge in [0.05, 0.1) is 24.3 Å². The molecule has 94 valence electrons. The smallest absolute Gasteiger partial charge is 0.246 e. The minimum Gasteiger partial charge on any atom is -0.347 e. The summed E-state index contributed by atoms with van der Waals surface area (Å²) in [6.07, 6.45) is 4.27. The number of aromatic amines is 1. The largest absolute Gasteiger partial charge is 0.347 e. The third-order valence-electron chi connectivity index (χ3n) is 4.08. The lowest BCUT2D eigenvalue weighted by atomic mass is 9.98. The van der Waals surface area contributed by atoms with Crippen molar-refractivity contribution in [2.45, 2.75) is 37.9 Å². The Balaban J connectivity index is 1.68. The summed E-state index contributed by atoms with van der Waals surface area (Å²) in [4.78, 5) is 35.3. The zero-order chi connectivity index (χ0) is 12.3. The van der Waals surface area contributed by atoms with Gasteiger partial charge in [-0.1, -0.05) is 0 Å². The van der Waals surface area contributed by atoms with Gasteiger partial charge < -0.3 is 14.8 Å². The lowest BCUT2D eigenvalue weighted by Gasteiger charge is -2.42. The molecule has 18 heavy (non-hydrogen) atoms. The van der Waals surface area contributed by atoms with Crippen LogP contribution in [0.4, 0.5) is 0 Å². The monoisotopic (exact) mass is 246 g/mol. The molecule has 6 heteroatoms. The Bertz CT molecular complexity index is 534. The maximum Gasteiger partial charge on any atom is 0.246 e. The number of carbonyl (C=O) groups is 2. The van der Waals surface area contributed by atoms with Gasteiger partial charge in [0.15, 0.2) is 0 Å². The fraction of sp³-hybridized carbons (Fsp3) is 0.583. The van der Waals surface area contributed by atoms with E-state index < -0.39 is 0 Å². The van der Waals surface area contributed by atoms with Crippen LogP contribution in [0.2, 0.25) is 0 Å². The van der Waals surface area contributed by atoms with Gasteiger partial charge in [0.1, 0.15) is 12.6 Å². The quantitative estimate of drug-likeness (QED) is 0.737. The molecule has 1 saturated carbocycles. The normalized spacial score (nSPS) is 27.2. The molecular weight excluding hydrogens is 232 g/mol. The van der Waals surface area contributed by atoms with E-state index in [4.69, 9.17) is 0 Å². The molecule has 1 saturated heterocycles. The molecule has 1 aromatic heterocycles. The zero-order valence-electron chi connectivity index (χ0n) is 9.93. The highest BCUT2D eigenvalue weighted by atomic mass is 16.2. The minimum absolute atomic E-state index is 0.0618. The number of aromatic nitrogens is 2. The van der Waals surface area contributed by atoms with E-state index in [9.17, 15) is 9.59 Å². The van der Waals surface area contributed by atoms with Gasteiger partial charge in [0.2, 0.25) is 11.8 Å². The zero-order valence-corrected chi connectivity index (χ0v) is 9.93. The molecule has 1 atom stereocenters. The van der Waals surface area contributed by atoms with Gasteiger partial charge in [-0.25, -0.2) is 4.98 Å². The van der Waals surface area contributed by atoms with Gasteiger partial charge in [0.25, 0.3) is 0 Å². The molecule has 1 aromatic rings. The number of piperazine rings is 1. The maximum absolute atomic E-state index is 12.4. The highest BCUT2D eigenvalue weighted by molar-refractivity contribution is 5.95. The molecule has 0 radical (unpaired) electrons. The van der Waals surface area contributed by atoms with Crippen molar-refractivity contribution >= 4 is 11.8 Å². The predicted octanol–water partition coefficient (Wildman–Crippen LogP) is -0.332. The average molecular weight is 246 g/mol. The van der Waals surface area contributed by atoms with Crippen molar-refractivity contribution in [3.63, 3.8) is 0 Å². The van der Waals surface area contributed by atoms with Crippen molar-refractivity contribution in [1.82, 2.24) is 19.8 Å². The van der Waals surface area contributed by atoms with Crippen LogP contribution < -0.4 is 0 Å². The molecule has 0 bridgehead atoms. The van der Waals surface area contributed by atoms with Crippen LogP contribution in [0.25, 0.3) is 0 Å². The summed E-state index contributed by atoms with van der Waals surface area (Å²) in [5.74, 6) is 0.164. The fourth-order valence-corrected chi connectivity index (χ4v) is 2.92. The van der Waals surface area contributed by atoms with E-state index in [1.54, 1.807) is 16.1 Å². The van der Waals surface area contributed by atoms with Crippen molar-refractivity contribution in [3.05, 3.63) is 17.7 Å². The summed E-state index contributed by atoms with van der Waals surface area (Å²) < 4.78 is 0. The van der Waals surface area contributed by atoms with E-state index in [1.807, 2.05) is 0 Å². The molecule has 1 N–H and O–H groups in total. The van der Waals surface area contributed by atoms with Crippen LogP contribution in [0.15, 0.2) is 6.33 Å². The Morgan fingerprint density at radius 1 is 1.22 bits per heavy atom. The van der Waals surface area contributed by atoms with Gasteiger partial charge in [-0.2, -0.15) is 0 Å². The van der Waals surface area contributed by atoms with Crippen LogP contribution in [0.3, 0.4) is 0 Å². The van der Waals surface area contributed by atoms with Crippen LogP contribution in [0, 0.1) is 0 Å². The second kappa shape index (κ2) is 3.34. The van der Waals surface area contributed by atoms with Crippen molar-refractivity contribution < 1.29 is 9.59 Å². The van der Waals surface area contributed by atoms with Crippen molar-refractivity contribution in [1.29, 1.82) is 0 Å². The van der Waals surface area contributed by atoms with Crippen LogP contribution >= 0.6 is 0 Å². The molecule has 3 aliphatic rings. The molecule has 0 aromatic carbocycles. The Kier molecular flexibility index (Phi) is 1.87. The highest BCUT2D eigenvalue weighted by Gasteiger charge is 2.46. The van der Waals surface area contributed by atoms with Gasteiger partial charge in [-0.15, -0.1) is 0 Å². The maximum atomic E-state index is 12.4. The predicted molar refractivity (Wildman–Crippen MR) is 61.4 cm³/mol. The number of hydrogen-bond acceptors (Lipinski definition) is 3. The molecule has 1 unspecified atom stereocenters. The van der Waals surface area contributed by atoms with Gasteiger partial charge in [0, 0.05) is 12.5 Å². The Morgan fingerprint density at radius 2 is 2.06 bits per heavy atom. The molecule has 4 rings (SSSR count). The second-order valence-corrected chi connectivity index (χ2v) is 5.27. The number of carbonyl (C=O) groups excluding carboxylic acids is 2. The van der Waals surface area contributed by atoms with E-state index in [2.05, 4.69) is 9.97 Å². The number of H-pyrrole nitrogens is 1. The summed E-state index contributed by atoms with van der Waals surface area (Å²) in [7, 11) is 0. The summed E-state index contributed by atoms with van der Waals surface area (Å²) in [5, 5.41) is 0. The lowest BCUT2D eigenvalue weighted by molar-refractivity contribution is -0.157. The van der Waals surface area contributed by atoms with Gasteiger partial charge in [-0.05, 0) is 12.8 Å². The number of imidazole rings is 1. The number of amides is 2. The van der Waals surface area contributed by atoms with E-state index in [1.165, 1.54) is 0 Å². The molecule has 2 aliphatic heterocycles. The summed E-state index contributed by atoms with van der Waals surface area (Å²) >= 11 is 0. The summed E-state index contributed by atoms with van der Waals surface area (Å²) in [6.45, 7) is 0.743. The number of rotatable bonds is 1. The Hall–Kier alpha value is -1.85. The summed E-state index contributed by atoms with van der Waals surface area (Å²) in [5.41, 5.74) is 1.89. The van der Waals surface area contributed by atoms with Crippen LogP contribution in [0.5, 0.6) is 0 Å². The fourth-order valence-electron chi connectivity index (χ4n) is 2.92. The number of nitrogens with zero attached hydrogens (tertiary/aromatic N) is 3. The lowest BCUT2D eigenvalue weighted by Crippen LogP contribution is -2.62. The second-order valence-electron chi connectivity index (χ2n) is 5.27. The topological polar surface area (TPSA) is 69.3 Å². The van der Waals surface area contributed by atoms with Gasteiger partial charge >= 0.3 is 0 Å². The Morgan fingerprint density at radius 3 is 2.83 bits per heavy atom. The molecule has 0 spiro atoms. The highest BCUT2D eigenvalue weighted by Crippen LogP contribution is 2.32. The van der Waals surface area contributed by atoms with Gasteiger partial charge in [-0.3, -0.25) is 9.59 Å². The van der Waals surface area contributed by atoms with Crippen LogP contribution in [0.1, 0.15) is 24.2 Å². The number of hydrogen-bond donors (Lipinski definition) is 1. The minimum atomic E-state index is -0.331. The molecule has 2 amide bonds. The first-order chi connectivity index (χ1) is 8.74. The van der Waals surface area contributed by atoms with E-state index in [0.717, 1.165) is 24.2 Å². The number of fused-ring (bicyclic) bond motifs is 2. The Labute approximate surface area is 104 Å². The number of nitrogens with one attached hydrogen (secondary N) is 1.